The number of ether oxygens (including phenoxy) is 3. The van der Waals surface area contributed by atoms with E-state index in [2.05, 4.69) is 6.92 Å². The van der Waals surface area contributed by atoms with E-state index >= 15 is 0 Å². The fourth-order valence-electron chi connectivity index (χ4n) is 5.03. The van der Waals surface area contributed by atoms with Crippen LogP contribution in [0, 0.1) is 17.8 Å². The van der Waals surface area contributed by atoms with Gasteiger partial charge in [-0.05, 0) is 65.2 Å². The van der Waals surface area contributed by atoms with Crippen molar-refractivity contribution in [1.82, 2.24) is 0 Å². The highest BCUT2D eigenvalue weighted by atomic mass is 16.6. The maximum Gasteiger partial charge on any atom is 0.309 e. The first-order chi connectivity index (χ1) is 14.2. The smallest absolute Gasteiger partial charge is 0.309 e. The Kier molecular flexibility index (Phi) is 10.1. The molecule has 1 heterocycles. The number of rotatable bonds is 7. The van der Waals surface area contributed by atoms with E-state index in [4.69, 9.17) is 14.2 Å². The molecule has 5 nitrogen and oxygen atoms in total. The van der Waals surface area contributed by atoms with Crippen LogP contribution < -0.4 is 0 Å². The second kappa shape index (κ2) is 12.1. The lowest BCUT2D eigenvalue weighted by Gasteiger charge is -2.35. The maximum absolute atomic E-state index is 12.9. The highest BCUT2D eigenvalue weighted by molar-refractivity contribution is 5.80. The molecule has 2 aliphatic rings. The summed E-state index contributed by atoms with van der Waals surface area (Å²) >= 11 is 0. The molecule has 0 amide bonds. The van der Waals surface area contributed by atoms with Crippen LogP contribution in [0.3, 0.4) is 0 Å². The van der Waals surface area contributed by atoms with Gasteiger partial charge in [-0.1, -0.05) is 45.4 Å². The zero-order valence-corrected chi connectivity index (χ0v) is 19.9. The van der Waals surface area contributed by atoms with E-state index in [1.807, 2.05) is 27.7 Å². The molecule has 1 aliphatic carbocycles. The highest BCUT2D eigenvalue weighted by Crippen LogP contribution is 2.36. The van der Waals surface area contributed by atoms with E-state index in [-0.39, 0.29) is 30.6 Å². The van der Waals surface area contributed by atoms with Gasteiger partial charge in [0.15, 0.2) is 0 Å². The van der Waals surface area contributed by atoms with E-state index in [1.165, 1.54) is 32.1 Å². The van der Waals surface area contributed by atoms with E-state index in [0.717, 1.165) is 31.6 Å². The van der Waals surface area contributed by atoms with E-state index in [1.54, 1.807) is 0 Å². The second-order valence-electron chi connectivity index (χ2n) is 10.4. The molecule has 174 valence electrons. The molecule has 0 radical (unpaired) electrons. The number of esters is 2. The van der Waals surface area contributed by atoms with Crippen LogP contribution in [0.1, 0.15) is 105 Å². The Hall–Kier alpha value is -1.10. The van der Waals surface area contributed by atoms with Crippen LogP contribution in [0.5, 0.6) is 0 Å². The average molecular weight is 425 g/mol. The number of carbonyl (C=O) groups excluding carboxylic acids is 2. The highest BCUT2D eigenvalue weighted by Gasteiger charge is 2.35. The number of hydrogen-bond acceptors (Lipinski definition) is 5. The Morgan fingerprint density at radius 1 is 1.07 bits per heavy atom. The van der Waals surface area contributed by atoms with Crippen molar-refractivity contribution in [2.24, 2.45) is 17.8 Å². The second-order valence-corrected chi connectivity index (χ2v) is 10.4. The third-order valence-electron chi connectivity index (χ3n) is 6.40. The van der Waals surface area contributed by atoms with E-state index < -0.39 is 11.5 Å². The average Bonchev–Trinajstić information content (AvgIpc) is 3.15. The molecule has 1 saturated heterocycles. The van der Waals surface area contributed by atoms with Crippen molar-refractivity contribution in [3.8, 4) is 0 Å². The van der Waals surface area contributed by atoms with Crippen molar-refractivity contribution in [3.05, 3.63) is 0 Å². The summed E-state index contributed by atoms with van der Waals surface area (Å²) in [6, 6.07) is 0. The van der Waals surface area contributed by atoms with Gasteiger partial charge in [0.1, 0.15) is 11.7 Å². The van der Waals surface area contributed by atoms with E-state index in [9.17, 15) is 9.59 Å². The van der Waals surface area contributed by atoms with Gasteiger partial charge < -0.3 is 14.2 Å². The maximum atomic E-state index is 12.9. The van der Waals surface area contributed by atoms with Crippen molar-refractivity contribution in [3.63, 3.8) is 0 Å². The van der Waals surface area contributed by atoms with Gasteiger partial charge in [-0.3, -0.25) is 9.59 Å². The quantitative estimate of drug-likeness (QED) is 0.481. The zero-order valence-electron chi connectivity index (χ0n) is 19.9. The Morgan fingerprint density at radius 2 is 1.70 bits per heavy atom. The summed E-state index contributed by atoms with van der Waals surface area (Å²) in [5, 5.41) is 0. The summed E-state index contributed by atoms with van der Waals surface area (Å²) in [7, 11) is 0. The van der Waals surface area contributed by atoms with Crippen molar-refractivity contribution >= 4 is 11.9 Å². The summed E-state index contributed by atoms with van der Waals surface area (Å²) in [5.41, 5.74) is -0.545. The number of cyclic esters (lactones) is 1. The predicted octanol–water partition coefficient (Wildman–Crippen LogP) is 5.83. The van der Waals surface area contributed by atoms with Crippen molar-refractivity contribution in [1.29, 1.82) is 0 Å². The molecule has 2 fully saturated rings. The fraction of sp³-hybridized carbons (Fsp3) is 0.920. The molecular weight excluding hydrogens is 380 g/mol. The molecule has 0 aromatic rings. The monoisotopic (exact) mass is 424 g/mol. The fourth-order valence-corrected chi connectivity index (χ4v) is 5.03. The molecule has 1 saturated carbocycles. The van der Waals surface area contributed by atoms with Gasteiger partial charge in [0.25, 0.3) is 0 Å². The van der Waals surface area contributed by atoms with Crippen LogP contribution in [-0.4, -0.2) is 36.4 Å². The van der Waals surface area contributed by atoms with Gasteiger partial charge in [-0.25, -0.2) is 0 Å². The first-order valence-corrected chi connectivity index (χ1v) is 12.2. The molecular formula is C25H44O5. The molecule has 30 heavy (non-hydrogen) atoms. The molecule has 1 aliphatic heterocycles. The van der Waals surface area contributed by atoms with Crippen LogP contribution >= 0.6 is 0 Å². The topological polar surface area (TPSA) is 61.8 Å². The number of hydrogen-bond donors (Lipinski definition) is 0. The van der Waals surface area contributed by atoms with Crippen LogP contribution in [0.15, 0.2) is 0 Å². The minimum atomic E-state index is -0.545. The minimum absolute atomic E-state index is 0.0604. The molecule has 0 aromatic heterocycles. The Morgan fingerprint density at radius 3 is 2.33 bits per heavy atom. The summed E-state index contributed by atoms with van der Waals surface area (Å²) in [6.45, 7) is 10.3. The molecule has 4 atom stereocenters. The minimum Gasteiger partial charge on any atom is -0.460 e. The summed E-state index contributed by atoms with van der Waals surface area (Å²) in [6.07, 6.45) is 11.0. The molecule has 5 heteroatoms. The first kappa shape index (κ1) is 25.2. The lowest BCUT2D eigenvalue weighted by Crippen LogP contribution is -2.40. The van der Waals surface area contributed by atoms with Gasteiger partial charge in [-0.2, -0.15) is 0 Å². The normalized spacial score (nSPS) is 29.4. The van der Waals surface area contributed by atoms with Crippen molar-refractivity contribution < 1.29 is 23.8 Å². The predicted molar refractivity (Wildman–Crippen MR) is 118 cm³/mol. The van der Waals surface area contributed by atoms with Crippen LogP contribution in [0.25, 0.3) is 0 Å². The molecule has 0 aromatic carbocycles. The van der Waals surface area contributed by atoms with Gasteiger partial charge in [0.05, 0.1) is 18.4 Å². The SMILES string of the molecule is CCCO[C@@H]1[C@@H](CC2CCCC2)CCCC[C@H](CC(=O)OC(C)(C)C)C(=O)O[C@H]1C. The lowest BCUT2D eigenvalue weighted by molar-refractivity contribution is -0.171. The largest absolute Gasteiger partial charge is 0.460 e. The van der Waals surface area contributed by atoms with Gasteiger partial charge in [-0.15, -0.1) is 0 Å². The molecule has 0 unspecified atom stereocenters. The third kappa shape index (κ3) is 8.56. The van der Waals surface area contributed by atoms with Gasteiger partial charge in [0, 0.05) is 6.61 Å². The van der Waals surface area contributed by atoms with Crippen molar-refractivity contribution in [2.75, 3.05) is 6.61 Å². The molecule has 0 spiro atoms. The van der Waals surface area contributed by atoms with Gasteiger partial charge in [0.2, 0.25) is 0 Å². The summed E-state index contributed by atoms with van der Waals surface area (Å²) in [5.74, 6) is 0.186. The third-order valence-corrected chi connectivity index (χ3v) is 6.40. The lowest BCUT2D eigenvalue weighted by atomic mass is 9.82. The number of carbonyl (C=O) groups is 2. The molecule has 2 rings (SSSR count). The molecule has 0 N–H and O–H groups in total. The summed E-state index contributed by atoms with van der Waals surface area (Å²) < 4.78 is 17.6. The first-order valence-electron chi connectivity index (χ1n) is 12.2. The Balaban J connectivity index is 2.06. The molecule has 0 bridgehead atoms. The van der Waals surface area contributed by atoms with Gasteiger partial charge >= 0.3 is 11.9 Å². The van der Waals surface area contributed by atoms with Crippen LogP contribution in [0.2, 0.25) is 0 Å². The van der Waals surface area contributed by atoms with E-state index in [0.29, 0.717) is 18.9 Å². The zero-order chi connectivity index (χ0) is 22.1. The standard InChI is InChI=1S/C25H44O5/c1-6-15-28-23-18(2)29-24(27)21(17-22(26)30-25(3,4)5)14-10-9-13-20(23)16-19-11-7-8-12-19/h18-21,23H,6-17H2,1-5H3/t18-,20+,21+,23-/m0/s1. The Labute approximate surface area is 183 Å². The van der Waals surface area contributed by atoms with Crippen LogP contribution in [0.4, 0.5) is 0 Å². The Bertz CT molecular complexity index is 532. The van der Waals surface area contributed by atoms with Crippen molar-refractivity contribution in [2.45, 2.75) is 123 Å². The summed E-state index contributed by atoms with van der Waals surface area (Å²) in [4.78, 5) is 25.2. The van der Waals surface area contributed by atoms with Crippen LogP contribution in [-0.2, 0) is 23.8 Å².